The molecular weight excluding hydrogens is 262 g/mol. The summed E-state index contributed by atoms with van der Waals surface area (Å²) < 4.78 is 21.9. The highest BCUT2D eigenvalue weighted by Gasteiger charge is 2.05. The van der Waals surface area contributed by atoms with E-state index in [1.54, 1.807) is 12.1 Å². The maximum atomic E-state index is 10.9. The van der Waals surface area contributed by atoms with Crippen molar-refractivity contribution >= 4 is 27.4 Å². The minimum atomic E-state index is -2.96. The predicted octanol–water partition coefficient (Wildman–Crippen LogP) is 0.313. The van der Waals surface area contributed by atoms with E-state index in [0.717, 1.165) is 0 Å². The summed E-state index contributed by atoms with van der Waals surface area (Å²) >= 11 is 1.31. The van der Waals surface area contributed by atoms with E-state index >= 15 is 0 Å². The molecule has 0 aliphatic heterocycles. The maximum absolute atomic E-state index is 10.9. The number of oxime groups is 1. The van der Waals surface area contributed by atoms with Crippen molar-refractivity contribution in [2.75, 3.05) is 17.8 Å². The van der Waals surface area contributed by atoms with Crippen molar-refractivity contribution in [2.24, 2.45) is 10.9 Å². The average Bonchev–Trinajstić information content (AvgIpc) is 2.27. The molecule has 0 fully saturated rings. The lowest BCUT2D eigenvalue weighted by Crippen LogP contribution is -2.13. The lowest BCUT2D eigenvalue weighted by atomic mass is 10.2. The van der Waals surface area contributed by atoms with E-state index in [4.69, 9.17) is 10.9 Å². The van der Waals surface area contributed by atoms with Gasteiger partial charge >= 0.3 is 0 Å². The second-order valence-corrected chi connectivity index (χ2v) is 6.72. The van der Waals surface area contributed by atoms with Crippen LogP contribution in [0.15, 0.2) is 28.5 Å². The van der Waals surface area contributed by atoms with Gasteiger partial charge in [0.05, 0.1) is 10.8 Å². The average molecular weight is 275 g/mol. The van der Waals surface area contributed by atoms with Crippen LogP contribution in [0.1, 0.15) is 5.56 Å². The predicted molar refractivity (Wildman–Crippen MR) is 67.2 cm³/mol. The number of rotatable bonds is 5. The summed E-state index contributed by atoms with van der Waals surface area (Å²) in [5, 5.41) is 12.0. The first kappa shape index (κ1) is 13.8. The fourth-order valence-electron chi connectivity index (χ4n) is 1.00. The van der Waals surface area contributed by atoms with Gasteiger partial charge in [-0.15, -0.1) is 11.8 Å². The number of pyridine rings is 1. The number of sulfone groups is 1. The zero-order chi connectivity index (χ0) is 12.9. The monoisotopic (exact) mass is 275 g/mol. The third-order valence-corrected chi connectivity index (χ3v) is 3.97. The highest BCUT2D eigenvalue weighted by molar-refractivity contribution is 8.00. The summed E-state index contributed by atoms with van der Waals surface area (Å²) in [6.45, 7) is 0. The Morgan fingerprint density at radius 3 is 2.94 bits per heavy atom. The first-order chi connectivity index (χ1) is 7.92. The molecule has 0 radical (unpaired) electrons. The van der Waals surface area contributed by atoms with Gasteiger partial charge in [0, 0.05) is 23.8 Å². The van der Waals surface area contributed by atoms with E-state index in [1.165, 1.54) is 24.2 Å². The van der Waals surface area contributed by atoms with Gasteiger partial charge in [-0.2, -0.15) is 0 Å². The van der Waals surface area contributed by atoms with Crippen LogP contribution in [0.5, 0.6) is 0 Å². The summed E-state index contributed by atoms with van der Waals surface area (Å²) in [6, 6.07) is 3.25. The van der Waals surface area contributed by atoms with Gasteiger partial charge in [0.25, 0.3) is 0 Å². The molecule has 94 valence electrons. The largest absolute Gasteiger partial charge is 0.409 e. The van der Waals surface area contributed by atoms with Gasteiger partial charge in [-0.3, -0.25) is 0 Å². The van der Waals surface area contributed by atoms with E-state index in [9.17, 15) is 8.42 Å². The van der Waals surface area contributed by atoms with Crippen LogP contribution in [0, 0.1) is 0 Å². The Labute approximate surface area is 104 Å². The number of amidine groups is 1. The maximum Gasteiger partial charge on any atom is 0.170 e. The Kier molecular flexibility index (Phi) is 4.76. The third kappa shape index (κ3) is 5.05. The molecule has 0 spiro atoms. The number of hydrogen-bond acceptors (Lipinski definition) is 6. The minimum Gasteiger partial charge on any atom is -0.409 e. The molecular formula is C9H13N3O3S2. The first-order valence-corrected chi connectivity index (χ1v) is 7.71. The molecule has 1 heterocycles. The van der Waals surface area contributed by atoms with Gasteiger partial charge in [0.1, 0.15) is 9.84 Å². The standard InChI is InChI=1S/C9H13N3O3S2/c1-17(14,15)5-4-16-8-6-7(2-3-11-8)9(10)12-13/h2-3,6,13H,4-5H2,1H3,(H2,10,12). The Balaban J connectivity index is 2.67. The van der Waals surface area contributed by atoms with Crippen molar-refractivity contribution in [3.8, 4) is 0 Å². The van der Waals surface area contributed by atoms with Gasteiger partial charge in [-0.1, -0.05) is 5.16 Å². The van der Waals surface area contributed by atoms with Crippen LogP contribution in [-0.2, 0) is 9.84 Å². The van der Waals surface area contributed by atoms with E-state index < -0.39 is 9.84 Å². The summed E-state index contributed by atoms with van der Waals surface area (Å²) in [5.74, 6) is 0.510. The molecule has 1 rings (SSSR count). The van der Waals surface area contributed by atoms with Crippen molar-refractivity contribution in [3.05, 3.63) is 23.9 Å². The molecule has 1 aromatic heterocycles. The highest BCUT2D eigenvalue weighted by atomic mass is 32.2. The molecule has 0 saturated heterocycles. The lowest BCUT2D eigenvalue weighted by molar-refractivity contribution is 0.318. The van der Waals surface area contributed by atoms with Crippen LogP contribution >= 0.6 is 11.8 Å². The van der Waals surface area contributed by atoms with Crippen molar-refractivity contribution in [2.45, 2.75) is 5.03 Å². The molecule has 0 amide bonds. The van der Waals surface area contributed by atoms with Crippen LogP contribution in [0.25, 0.3) is 0 Å². The van der Waals surface area contributed by atoms with Crippen LogP contribution in [-0.4, -0.2) is 42.2 Å². The zero-order valence-corrected chi connectivity index (χ0v) is 10.8. The number of nitrogens with zero attached hydrogens (tertiary/aromatic N) is 2. The van der Waals surface area contributed by atoms with Crippen molar-refractivity contribution in [1.82, 2.24) is 4.98 Å². The number of thioether (sulfide) groups is 1. The lowest BCUT2D eigenvalue weighted by Gasteiger charge is -2.02. The molecule has 0 atom stereocenters. The SMILES string of the molecule is CS(=O)(=O)CCSc1cc(C(N)=NO)ccn1. The van der Waals surface area contributed by atoms with E-state index in [2.05, 4.69) is 10.1 Å². The zero-order valence-electron chi connectivity index (χ0n) is 9.20. The number of aromatic nitrogens is 1. The topological polar surface area (TPSA) is 106 Å². The Hall–Kier alpha value is -1.28. The fourth-order valence-corrected chi connectivity index (χ4v) is 3.10. The third-order valence-electron chi connectivity index (χ3n) is 1.84. The van der Waals surface area contributed by atoms with Crippen molar-refractivity contribution in [1.29, 1.82) is 0 Å². The van der Waals surface area contributed by atoms with Gasteiger partial charge < -0.3 is 10.9 Å². The normalized spacial score (nSPS) is 12.6. The molecule has 0 aliphatic carbocycles. The van der Waals surface area contributed by atoms with Crippen molar-refractivity contribution < 1.29 is 13.6 Å². The molecule has 0 aromatic carbocycles. The second kappa shape index (κ2) is 5.87. The smallest absolute Gasteiger partial charge is 0.170 e. The van der Waals surface area contributed by atoms with Crippen molar-refractivity contribution in [3.63, 3.8) is 0 Å². The number of hydrogen-bond donors (Lipinski definition) is 2. The Morgan fingerprint density at radius 1 is 1.65 bits per heavy atom. The van der Waals surface area contributed by atoms with Gasteiger partial charge in [0.2, 0.25) is 0 Å². The van der Waals surface area contributed by atoms with Gasteiger partial charge in [-0.25, -0.2) is 13.4 Å². The first-order valence-electron chi connectivity index (χ1n) is 4.67. The molecule has 0 bridgehead atoms. The van der Waals surface area contributed by atoms with Crippen LogP contribution < -0.4 is 5.73 Å². The van der Waals surface area contributed by atoms with Gasteiger partial charge in [0.15, 0.2) is 5.84 Å². The minimum absolute atomic E-state index is 0.00244. The molecule has 1 aromatic rings. The molecule has 17 heavy (non-hydrogen) atoms. The molecule has 3 N–H and O–H groups in total. The van der Waals surface area contributed by atoms with E-state index in [0.29, 0.717) is 16.3 Å². The Bertz CT molecular complexity index is 514. The highest BCUT2D eigenvalue weighted by Crippen LogP contribution is 2.16. The molecule has 6 nitrogen and oxygen atoms in total. The van der Waals surface area contributed by atoms with Gasteiger partial charge in [-0.05, 0) is 12.1 Å². The van der Waals surface area contributed by atoms with Crippen LogP contribution in [0.4, 0.5) is 0 Å². The molecule has 0 unspecified atom stereocenters. The summed E-state index contributed by atoms with van der Waals surface area (Å²) in [5.41, 5.74) is 5.97. The second-order valence-electron chi connectivity index (χ2n) is 3.35. The summed E-state index contributed by atoms with van der Waals surface area (Å²) in [6.07, 6.45) is 2.71. The van der Waals surface area contributed by atoms with E-state index in [1.807, 2.05) is 0 Å². The van der Waals surface area contributed by atoms with Crippen LogP contribution in [0.2, 0.25) is 0 Å². The summed E-state index contributed by atoms with van der Waals surface area (Å²) in [7, 11) is -2.96. The fraction of sp³-hybridized carbons (Fsp3) is 0.333. The summed E-state index contributed by atoms with van der Waals surface area (Å²) in [4.78, 5) is 4.05. The Morgan fingerprint density at radius 2 is 2.35 bits per heavy atom. The number of nitrogens with two attached hydrogens (primary N) is 1. The van der Waals surface area contributed by atoms with E-state index in [-0.39, 0.29) is 11.6 Å². The molecule has 0 aliphatic rings. The quantitative estimate of drug-likeness (QED) is 0.263. The molecule has 8 heteroatoms. The molecule has 0 saturated carbocycles. The van der Waals surface area contributed by atoms with Crippen LogP contribution in [0.3, 0.4) is 0 Å².